The van der Waals surface area contributed by atoms with Gasteiger partial charge in [-0.05, 0) is 23.8 Å². The molecule has 0 aliphatic carbocycles. The Morgan fingerprint density at radius 3 is 2.40 bits per heavy atom. The highest BCUT2D eigenvalue weighted by Crippen LogP contribution is 2.17. The van der Waals surface area contributed by atoms with Gasteiger partial charge in [0.15, 0.2) is 0 Å². The van der Waals surface area contributed by atoms with Crippen LogP contribution >= 0.6 is 0 Å². The molecule has 1 saturated heterocycles. The van der Waals surface area contributed by atoms with Crippen LogP contribution in [0.1, 0.15) is 12.5 Å². The molecule has 1 aliphatic rings. The van der Waals surface area contributed by atoms with E-state index in [0.717, 1.165) is 0 Å². The van der Waals surface area contributed by atoms with Crippen LogP contribution in [-0.4, -0.2) is 23.8 Å². The highest BCUT2D eigenvalue weighted by atomic mass is 16.5. The molecule has 4 amide bonds. The van der Waals surface area contributed by atoms with Crippen LogP contribution in [-0.2, 0) is 14.4 Å². The number of carbonyl (C=O) groups excluding carboxylic acids is 4. The third-order valence-corrected chi connectivity index (χ3v) is 2.37. The van der Waals surface area contributed by atoms with E-state index in [4.69, 9.17) is 4.74 Å². The highest BCUT2D eigenvalue weighted by Gasteiger charge is 2.27. The van der Waals surface area contributed by atoms with Crippen LogP contribution in [0.5, 0.6) is 5.75 Å². The zero-order valence-corrected chi connectivity index (χ0v) is 10.4. The number of carbonyl (C=O) groups is 4. The number of ether oxygens (including phenoxy) is 1. The number of esters is 1. The number of imide groups is 2. The van der Waals surface area contributed by atoms with Crippen LogP contribution in [0.2, 0.25) is 0 Å². The molecule has 0 aromatic heterocycles. The predicted octanol–water partition coefficient (Wildman–Crippen LogP) is 0.361. The standard InChI is InChI=1S/C13H10N2O5/c1-7(16)20-9-4-2-3-8(5-9)6-10-11(17)14-13(19)15-12(10)18/h2-6H,1H3,(H2,14,15,17,18,19). The Labute approximate surface area is 113 Å². The summed E-state index contributed by atoms with van der Waals surface area (Å²) in [6.45, 7) is 1.26. The topological polar surface area (TPSA) is 102 Å². The first-order valence-corrected chi connectivity index (χ1v) is 5.62. The molecular weight excluding hydrogens is 264 g/mol. The maximum Gasteiger partial charge on any atom is 0.328 e. The number of hydrogen-bond donors (Lipinski definition) is 2. The minimum atomic E-state index is -0.856. The van der Waals surface area contributed by atoms with Crippen molar-refractivity contribution in [3.63, 3.8) is 0 Å². The van der Waals surface area contributed by atoms with Crippen molar-refractivity contribution in [1.82, 2.24) is 10.6 Å². The van der Waals surface area contributed by atoms with Gasteiger partial charge in [-0.15, -0.1) is 0 Å². The lowest BCUT2D eigenvalue weighted by molar-refractivity contribution is -0.132. The first-order valence-electron chi connectivity index (χ1n) is 5.62. The van der Waals surface area contributed by atoms with Crippen molar-refractivity contribution >= 4 is 29.9 Å². The molecule has 0 radical (unpaired) electrons. The van der Waals surface area contributed by atoms with E-state index in [9.17, 15) is 19.2 Å². The summed E-state index contributed by atoms with van der Waals surface area (Å²) in [6, 6.07) is 5.43. The molecule has 20 heavy (non-hydrogen) atoms. The van der Waals surface area contributed by atoms with Crippen molar-refractivity contribution in [2.24, 2.45) is 0 Å². The fourth-order valence-electron chi connectivity index (χ4n) is 1.61. The monoisotopic (exact) mass is 274 g/mol. The molecule has 0 spiro atoms. The van der Waals surface area contributed by atoms with E-state index in [0.29, 0.717) is 11.3 Å². The van der Waals surface area contributed by atoms with E-state index in [1.807, 2.05) is 10.6 Å². The molecule has 1 fully saturated rings. The van der Waals surface area contributed by atoms with Gasteiger partial charge in [0.2, 0.25) is 0 Å². The summed E-state index contributed by atoms with van der Waals surface area (Å²) >= 11 is 0. The second kappa shape index (κ2) is 5.35. The van der Waals surface area contributed by atoms with Gasteiger partial charge in [-0.25, -0.2) is 4.79 Å². The number of hydrogen-bond acceptors (Lipinski definition) is 5. The first-order chi connectivity index (χ1) is 9.45. The Kier molecular flexibility index (Phi) is 3.60. The molecule has 0 atom stereocenters. The van der Waals surface area contributed by atoms with Crippen molar-refractivity contribution in [3.05, 3.63) is 35.4 Å². The summed E-state index contributed by atoms with van der Waals surface area (Å²) in [4.78, 5) is 44.8. The molecule has 2 N–H and O–H groups in total. The fourth-order valence-corrected chi connectivity index (χ4v) is 1.61. The summed E-state index contributed by atoms with van der Waals surface area (Å²) in [5, 5.41) is 3.93. The average Bonchev–Trinajstić information content (AvgIpc) is 2.33. The number of amides is 4. The average molecular weight is 274 g/mol. The third-order valence-electron chi connectivity index (χ3n) is 2.37. The number of barbiturate groups is 1. The number of benzene rings is 1. The van der Waals surface area contributed by atoms with Crippen molar-refractivity contribution < 1.29 is 23.9 Å². The minimum absolute atomic E-state index is 0.204. The van der Waals surface area contributed by atoms with Gasteiger partial charge in [0.05, 0.1) is 0 Å². The largest absolute Gasteiger partial charge is 0.427 e. The maximum atomic E-state index is 11.5. The molecule has 102 valence electrons. The SMILES string of the molecule is CC(=O)Oc1cccc(C=C2C(=O)NC(=O)NC2=O)c1. The van der Waals surface area contributed by atoms with E-state index in [2.05, 4.69) is 0 Å². The van der Waals surface area contributed by atoms with Gasteiger partial charge in [0, 0.05) is 6.92 Å². The fraction of sp³-hybridized carbons (Fsp3) is 0.0769. The van der Waals surface area contributed by atoms with Gasteiger partial charge in [0.1, 0.15) is 11.3 Å². The van der Waals surface area contributed by atoms with E-state index in [-0.39, 0.29) is 5.57 Å². The predicted molar refractivity (Wildman–Crippen MR) is 67.4 cm³/mol. The van der Waals surface area contributed by atoms with Crippen molar-refractivity contribution in [2.75, 3.05) is 0 Å². The van der Waals surface area contributed by atoms with E-state index < -0.39 is 23.8 Å². The van der Waals surface area contributed by atoms with E-state index in [1.165, 1.54) is 19.1 Å². The summed E-state index contributed by atoms with van der Waals surface area (Å²) in [5.74, 6) is -1.75. The molecule has 1 aliphatic heterocycles. The molecule has 7 nitrogen and oxygen atoms in total. The number of nitrogens with one attached hydrogen (secondary N) is 2. The van der Waals surface area contributed by atoms with Crippen molar-refractivity contribution in [3.8, 4) is 5.75 Å². The molecule has 0 bridgehead atoms. The molecule has 1 aromatic carbocycles. The smallest absolute Gasteiger partial charge is 0.328 e. The zero-order chi connectivity index (χ0) is 14.7. The third kappa shape index (κ3) is 3.08. The normalized spacial score (nSPS) is 14.4. The van der Waals surface area contributed by atoms with Gasteiger partial charge in [-0.3, -0.25) is 25.0 Å². The van der Waals surface area contributed by atoms with E-state index >= 15 is 0 Å². The second-order valence-corrected chi connectivity index (χ2v) is 3.96. The molecule has 7 heteroatoms. The minimum Gasteiger partial charge on any atom is -0.427 e. The van der Waals surface area contributed by atoms with Crippen molar-refractivity contribution in [2.45, 2.75) is 6.92 Å². The van der Waals surface area contributed by atoms with Crippen LogP contribution < -0.4 is 15.4 Å². The summed E-state index contributed by atoms with van der Waals surface area (Å²) in [5.41, 5.74) is 0.281. The lowest BCUT2D eigenvalue weighted by atomic mass is 10.1. The quantitative estimate of drug-likeness (QED) is 0.351. The summed E-state index contributed by atoms with van der Waals surface area (Å²) in [6.07, 6.45) is 1.30. The van der Waals surface area contributed by atoms with Crippen LogP contribution in [0.15, 0.2) is 29.8 Å². The molecule has 1 aromatic rings. The number of rotatable bonds is 2. The lowest BCUT2D eigenvalue weighted by Crippen LogP contribution is -2.51. The Hall–Kier alpha value is -2.96. The summed E-state index contributed by atoms with van der Waals surface area (Å²) < 4.78 is 4.89. The van der Waals surface area contributed by atoms with Gasteiger partial charge in [-0.1, -0.05) is 12.1 Å². The Bertz CT molecular complexity index is 626. The zero-order valence-electron chi connectivity index (χ0n) is 10.4. The molecule has 2 rings (SSSR count). The van der Waals surface area contributed by atoms with Crippen LogP contribution in [0.4, 0.5) is 4.79 Å². The Morgan fingerprint density at radius 1 is 1.15 bits per heavy atom. The molecule has 1 heterocycles. The highest BCUT2D eigenvalue weighted by molar-refractivity contribution is 6.31. The van der Waals surface area contributed by atoms with Crippen LogP contribution in [0.25, 0.3) is 6.08 Å². The van der Waals surface area contributed by atoms with Crippen LogP contribution in [0, 0.1) is 0 Å². The van der Waals surface area contributed by atoms with Gasteiger partial charge < -0.3 is 4.74 Å². The van der Waals surface area contributed by atoms with Crippen molar-refractivity contribution in [1.29, 1.82) is 0 Å². The van der Waals surface area contributed by atoms with E-state index in [1.54, 1.807) is 18.2 Å². The maximum absolute atomic E-state index is 11.5. The molecule has 0 saturated carbocycles. The van der Waals surface area contributed by atoms with Gasteiger partial charge in [0.25, 0.3) is 11.8 Å². The Balaban J connectivity index is 2.30. The lowest BCUT2D eigenvalue weighted by Gasteiger charge is -2.13. The molecular formula is C13H10N2O5. The van der Waals surface area contributed by atoms with Crippen LogP contribution in [0.3, 0.4) is 0 Å². The van der Waals surface area contributed by atoms with Gasteiger partial charge >= 0.3 is 12.0 Å². The Morgan fingerprint density at radius 2 is 1.80 bits per heavy atom. The second-order valence-electron chi connectivity index (χ2n) is 3.96. The summed E-state index contributed by atoms with van der Waals surface area (Å²) in [7, 11) is 0. The molecule has 0 unspecified atom stereocenters. The number of urea groups is 1. The van der Waals surface area contributed by atoms with Gasteiger partial charge in [-0.2, -0.15) is 0 Å². The first kappa shape index (κ1) is 13.5.